The van der Waals surface area contributed by atoms with E-state index in [9.17, 15) is 0 Å². The Balaban J connectivity index is 1.90. The normalized spacial score (nSPS) is 10.4. The summed E-state index contributed by atoms with van der Waals surface area (Å²) in [5.74, 6) is 1.05. The Morgan fingerprint density at radius 2 is 1.88 bits per heavy atom. The van der Waals surface area contributed by atoms with Gasteiger partial charge in [-0.2, -0.15) is 0 Å². The molecule has 0 radical (unpaired) electrons. The summed E-state index contributed by atoms with van der Waals surface area (Å²) in [6.07, 6.45) is 1.00. The molecule has 17 heavy (non-hydrogen) atoms. The van der Waals surface area contributed by atoms with E-state index in [2.05, 4.69) is 40.2 Å². The van der Waals surface area contributed by atoms with Crippen molar-refractivity contribution in [3.05, 3.63) is 58.6 Å². The Bertz CT molecular complexity index is 499. The molecule has 0 atom stereocenters. The molecule has 0 aromatic heterocycles. The SMILES string of the molecule is Nc1ccccc1CCSc1cccc(Br)c1. The van der Waals surface area contributed by atoms with Crippen LogP contribution >= 0.6 is 27.7 Å². The fourth-order valence-corrected chi connectivity index (χ4v) is 3.09. The third-order valence-electron chi connectivity index (χ3n) is 2.49. The molecular formula is C14H14BrNS. The van der Waals surface area contributed by atoms with E-state index in [1.54, 1.807) is 0 Å². The number of para-hydroxylation sites is 1. The van der Waals surface area contributed by atoms with Gasteiger partial charge in [0, 0.05) is 20.8 Å². The molecule has 1 nitrogen and oxygen atoms in total. The highest BCUT2D eigenvalue weighted by atomic mass is 79.9. The number of nitrogens with two attached hydrogens (primary N) is 1. The highest BCUT2D eigenvalue weighted by Crippen LogP contribution is 2.23. The summed E-state index contributed by atoms with van der Waals surface area (Å²) >= 11 is 5.33. The molecule has 88 valence electrons. The molecular weight excluding hydrogens is 294 g/mol. The first-order valence-corrected chi connectivity index (χ1v) is 7.25. The van der Waals surface area contributed by atoms with Crippen LogP contribution in [0.1, 0.15) is 5.56 Å². The summed E-state index contributed by atoms with van der Waals surface area (Å²) in [5.41, 5.74) is 8.03. The predicted octanol–water partition coefficient (Wildman–Crippen LogP) is 4.37. The number of benzene rings is 2. The molecule has 2 aromatic rings. The monoisotopic (exact) mass is 307 g/mol. The van der Waals surface area contributed by atoms with E-state index in [1.807, 2.05) is 36.0 Å². The molecule has 2 rings (SSSR count). The maximum absolute atomic E-state index is 5.91. The topological polar surface area (TPSA) is 26.0 Å². The van der Waals surface area contributed by atoms with Crippen LogP contribution in [-0.2, 0) is 6.42 Å². The van der Waals surface area contributed by atoms with Gasteiger partial charge in [0.05, 0.1) is 0 Å². The number of rotatable bonds is 4. The highest BCUT2D eigenvalue weighted by molar-refractivity contribution is 9.10. The van der Waals surface area contributed by atoms with E-state index in [4.69, 9.17) is 5.73 Å². The van der Waals surface area contributed by atoms with Crippen molar-refractivity contribution in [1.29, 1.82) is 0 Å². The van der Waals surface area contributed by atoms with Gasteiger partial charge in [-0.1, -0.05) is 40.2 Å². The number of hydrogen-bond acceptors (Lipinski definition) is 2. The molecule has 0 bridgehead atoms. The minimum atomic E-state index is 0.891. The van der Waals surface area contributed by atoms with Gasteiger partial charge in [0.25, 0.3) is 0 Å². The minimum absolute atomic E-state index is 0.891. The Morgan fingerprint density at radius 1 is 1.06 bits per heavy atom. The Morgan fingerprint density at radius 3 is 2.65 bits per heavy atom. The molecule has 0 saturated carbocycles. The molecule has 0 unspecified atom stereocenters. The zero-order valence-corrected chi connectivity index (χ0v) is 11.8. The van der Waals surface area contributed by atoms with E-state index >= 15 is 0 Å². The lowest BCUT2D eigenvalue weighted by atomic mass is 10.1. The first-order valence-electron chi connectivity index (χ1n) is 5.47. The van der Waals surface area contributed by atoms with Crippen LogP contribution in [0.15, 0.2) is 57.9 Å². The lowest BCUT2D eigenvalue weighted by molar-refractivity contribution is 1.16. The second-order valence-corrected chi connectivity index (χ2v) is 5.84. The summed E-state index contributed by atoms with van der Waals surface area (Å²) in [6.45, 7) is 0. The molecule has 0 amide bonds. The van der Waals surface area contributed by atoms with Crippen LogP contribution in [0, 0.1) is 0 Å². The second kappa shape index (κ2) is 6.12. The molecule has 0 heterocycles. The van der Waals surface area contributed by atoms with Crippen molar-refractivity contribution in [3.8, 4) is 0 Å². The van der Waals surface area contributed by atoms with E-state index in [1.165, 1.54) is 10.5 Å². The van der Waals surface area contributed by atoms with E-state index in [0.717, 1.165) is 22.3 Å². The summed E-state index contributed by atoms with van der Waals surface area (Å²) < 4.78 is 1.13. The van der Waals surface area contributed by atoms with E-state index in [0.29, 0.717) is 0 Å². The van der Waals surface area contributed by atoms with Crippen LogP contribution in [0.25, 0.3) is 0 Å². The average molecular weight is 308 g/mol. The zero-order valence-electron chi connectivity index (χ0n) is 9.40. The van der Waals surface area contributed by atoms with Crippen molar-refractivity contribution in [2.45, 2.75) is 11.3 Å². The third-order valence-corrected chi connectivity index (χ3v) is 3.98. The summed E-state index contributed by atoms with van der Waals surface area (Å²) in [6, 6.07) is 16.4. The van der Waals surface area contributed by atoms with Crippen LogP contribution < -0.4 is 5.73 Å². The molecule has 0 saturated heterocycles. The van der Waals surface area contributed by atoms with Gasteiger partial charge >= 0.3 is 0 Å². The maximum Gasteiger partial charge on any atom is 0.0346 e. The molecule has 2 N–H and O–H groups in total. The number of halogens is 1. The first kappa shape index (κ1) is 12.5. The van der Waals surface area contributed by atoms with Crippen LogP contribution in [0.2, 0.25) is 0 Å². The van der Waals surface area contributed by atoms with Crippen molar-refractivity contribution in [1.82, 2.24) is 0 Å². The van der Waals surface area contributed by atoms with Crippen LogP contribution in [0.4, 0.5) is 5.69 Å². The van der Waals surface area contributed by atoms with Crippen LogP contribution in [0.5, 0.6) is 0 Å². The lowest BCUT2D eigenvalue weighted by Gasteiger charge is -2.05. The van der Waals surface area contributed by atoms with Gasteiger partial charge in [0.1, 0.15) is 0 Å². The Labute approximate surface area is 115 Å². The molecule has 0 spiro atoms. The van der Waals surface area contributed by atoms with Crippen molar-refractivity contribution >= 4 is 33.4 Å². The van der Waals surface area contributed by atoms with E-state index in [-0.39, 0.29) is 0 Å². The number of aryl methyl sites for hydroxylation is 1. The first-order chi connectivity index (χ1) is 8.25. The summed E-state index contributed by atoms with van der Waals surface area (Å²) in [4.78, 5) is 1.29. The summed E-state index contributed by atoms with van der Waals surface area (Å²) in [5, 5.41) is 0. The van der Waals surface area contributed by atoms with Crippen LogP contribution in [0.3, 0.4) is 0 Å². The zero-order chi connectivity index (χ0) is 12.1. The smallest absolute Gasteiger partial charge is 0.0346 e. The molecule has 2 aromatic carbocycles. The molecule has 0 aliphatic rings. The standard InChI is InChI=1S/C14H14BrNS/c15-12-5-3-6-13(10-12)17-9-8-11-4-1-2-7-14(11)16/h1-7,10H,8-9,16H2. The third kappa shape index (κ3) is 3.79. The van der Waals surface area contributed by atoms with Gasteiger partial charge < -0.3 is 5.73 Å². The number of anilines is 1. The average Bonchev–Trinajstić information content (AvgIpc) is 2.32. The largest absolute Gasteiger partial charge is 0.399 e. The quantitative estimate of drug-likeness (QED) is 0.670. The fraction of sp³-hybridized carbons (Fsp3) is 0.143. The van der Waals surface area contributed by atoms with Gasteiger partial charge in [-0.3, -0.25) is 0 Å². The van der Waals surface area contributed by atoms with Gasteiger partial charge in [0.2, 0.25) is 0 Å². The number of thioether (sulfide) groups is 1. The number of hydrogen-bond donors (Lipinski definition) is 1. The van der Waals surface area contributed by atoms with Gasteiger partial charge in [-0.05, 0) is 36.2 Å². The van der Waals surface area contributed by atoms with Crippen molar-refractivity contribution < 1.29 is 0 Å². The maximum atomic E-state index is 5.91. The van der Waals surface area contributed by atoms with Crippen LogP contribution in [-0.4, -0.2) is 5.75 Å². The van der Waals surface area contributed by atoms with E-state index < -0.39 is 0 Å². The minimum Gasteiger partial charge on any atom is -0.399 e. The molecule has 0 fully saturated rings. The van der Waals surface area contributed by atoms with Gasteiger partial charge in [0.15, 0.2) is 0 Å². The Kier molecular flexibility index (Phi) is 4.51. The molecule has 0 aliphatic heterocycles. The lowest BCUT2D eigenvalue weighted by Crippen LogP contribution is -1.95. The van der Waals surface area contributed by atoms with Gasteiger partial charge in [-0.25, -0.2) is 0 Å². The predicted molar refractivity (Wildman–Crippen MR) is 79.4 cm³/mol. The number of nitrogen functional groups attached to an aromatic ring is 1. The highest BCUT2D eigenvalue weighted by Gasteiger charge is 1.99. The molecule has 0 aliphatic carbocycles. The van der Waals surface area contributed by atoms with Crippen molar-refractivity contribution in [2.75, 3.05) is 11.5 Å². The fourth-order valence-electron chi connectivity index (χ4n) is 1.60. The molecule has 3 heteroatoms. The van der Waals surface area contributed by atoms with Crippen molar-refractivity contribution in [3.63, 3.8) is 0 Å². The van der Waals surface area contributed by atoms with Gasteiger partial charge in [-0.15, -0.1) is 11.8 Å². The summed E-state index contributed by atoms with van der Waals surface area (Å²) in [7, 11) is 0. The van der Waals surface area contributed by atoms with Crippen molar-refractivity contribution in [2.24, 2.45) is 0 Å². The second-order valence-electron chi connectivity index (χ2n) is 3.75. The Hall–Kier alpha value is -0.930.